The Balaban J connectivity index is 1.90. The molecule has 0 unspecified atom stereocenters. The van der Waals surface area contributed by atoms with Crippen molar-refractivity contribution in [2.75, 3.05) is 20.1 Å². The number of hydrogen-bond acceptors (Lipinski definition) is 2. The van der Waals surface area contributed by atoms with Crippen LogP contribution in [0.1, 0.15) is 32.3 Å². The van der Waals surface area contributed by atoms with E-state index in [9.17, 15) is 4.79 Å². The fraction of sp³-hybridized carbons (Fsp3) is 0.588. The van der Waals surface area contributed by atoms with Crippen LogP contribution in [0, 0.1) is 0 Å². The van der Waals surface area contributed by atoms with E-state index >= 15 is 0 Å². The third-order valence-electron chi connectivity index (χ3n) is 4.47. The van der Waals surface area contributed by atoms with Crippen LogP contribution in [-0.4, -0.2) is 47.9 Å². The van der Waals surface area contributed by atoms with Gasteiger partial charge in [-0.1, -0.05) is 29.8 Å². The Morgan fingerprint density at radius 2 is 1.95 bits per heavy atom. The second-order valence-corrected chi connectivity index (χ2v) is 6.54. The molecule has 1 heterocycles. The minimum Gasteiger partial charge on any atom is -0.342 e. The zero-order chi connectivity index (χ0) is 15.4. The fourth-order valence-corrected chi connectivity index (χ4v) is 3.13. The summed E-state index contributed by atoms with van der Waals surface area (Å²) in [6.45, 7) is 6.61. The summed E-state index contributed by atoms with van der Waals surface area (Å²) in [6.07, 6.45) is 2.51. The van der Waals surface area contributed by atoms with Gasteiger partial charge in [-0.15, -0.1) is 0 Å². The number of carbonyl (C=O) groups is 1. The van der Waals surface area contributed by atoms with Gasteiger partial charge in [0.2, 0.25) is 5.91 Å². The van der Waals surface area contributed by atoms with Crippen LogP contribution in [0.15, 0.2) is 24.3 Å². The van der Waals surface area contributed by atoms with Gasteiger partial charge in [-0.2, -0.15) is 0 Å². The molecule has 116 valence electrons. The number of carbonyl (C=O) groups excluding carboxylic acids is 1. The molecular weight excluding hydrogens is 284 g/mol. The van der Waals surface area contributed by atoms with Gasteiger partial charge in [0.1, 0.15) is 0 Å². The molecule has 1 aromatic rings. The summed E-state index contributed by atoms with van der Waals surface area (Å²) in [6, 6.07) is 8.53. The van der Waals surface area contributed by atoms with E-state index in [1.807, 2.05) is 36.2 Å². The highest BCUT2D eigenvalue weighted by molar-refractivity contribution is 6.31. The Morgan fingerprint density at radius 1 is 1.33 bits per heavy atom. The molecule has 1 saturated heterocycles. The van der Waals surface area contributed by atoms with Crippen molar-refractivity contribution >= 4 is 17.5 Å². The molecule has 0 aliphatic carbocycles. The van der Waals surface area contributed by atoms with E-state index in [4.69, 9.17) is 11.6 Å². The predicted molar refractivity (Wildman–Crippen MR) is 87.7 cm³/mol. The lowest BCUT2D eigenvalue weighted by atomic mass is 10.0. The summed E-state index contributed by atoms with van der Waals surface area (Å²) >= 11 is 6.14. The molecule has 0 atom stereocenters. The first-order valence-electron chi connectivity index (χ1n) is 7.72. The van der Waals surface area contributed by atoms with Crippen LogP contribution in [0.25, 0.3) is 0 Å². The molecule has 1 aromatic carbocycles. The van der Waals surface area contributed by atoms with E-state index in [1.165, 1.54) is 0 Å². The van der Waals surface area contributed by atoms with E-state index in [0.717, 1.165) is 31.5 Å². The Kier molecular flexibility index (Phi) is 5.65. The normalized spacial score (nSPS) is 17.2. The first-order chi connectivity index (χ1) is 9.99. The topological polar surface area (TPSA) is 23.6 Å². The molecular formula is C17H25ClN2O. The average Bonchev–Trinajstić information content (AvgIpc) is 2.49. The smallest absolute Gasteiger partial charge is 0.227 e. The highest BCUT2D eigenvalue weighted by atomic mass is 35.5. The highest BCUT2D eigenvalue weighted by Crippen LogP contribution is 2.20. The van der Waals surface area contributed by atoms with Gasteiger partial charge in [0.25, 0.3) is 0 Å². The van der Waals surface area contributed by atoms with Crippen molar-refractivity contribution in [1.29, 1.82) is 0 Å². The maximum absolute atomic E-state index is 12.4. The van der Waals surface area contributed by atoms with E-state index in [0.29, 0.717) is 23.5 Å². The molecule has 2 rings (SSSR count). The SMILES string of the molecule is CC(C)N1CCC(N(C)C(=O)Cc2ccccc2Cl)CC1. The Labute approximate surface area is 132 Å². The van der Waals surface area contributed by atoms with Gasteiger partial charge in [0, 0.05) is 37.2 Å². The first kappa shape index (κ1) is 16.3. The van der Waals surface area contributed by atoms with Crippen molar-refractivity contribution < 1.29 is 4.79 Å². The molecule has 0 bridgehead atoms. The molecule has 1 aliphatic heterocycles. The van der Waals surface area contributed by atoms with Gasteiger partial charge >= 0.3 is 0 Å². The Bertz CT molecular complexity index is 481. The van der Waals surface area contributed by atoms with Crippen molar-refractivity contribution in [2.45, 2.75) is 45.2 Å². The van der Waals surface area contributed by atoms with Crippen molar-refractivity contribution in [2.24, 2.45) is 0 Å². The van der Waals surface area contributed by atoms with Crippen molar-refractivity contribution in [3.63, 3.8) is 0 Å². The second-order valence-electron chi connectivity index (χ2n) is 6.13. The second kappa shape index (κ2) is 7.28. The minimum absolute atomic E-state index is 0.158. The lowest BCUT2D eigenvalue weighted by molar-refractivity contribution is -0.132. The number of benzene rings is 1. The Hall–Kier alpha value is -1.06. The molecule has 1 aliphatic rings. The van der Waals surface area contributed by atoms with Gasteiger partial charge in [-0.25, -0.2) is 0 Å². The maximum Gasteiger partial charge on any atom is 0.227 e. The van der Waals surface area contributed by atoms with Crippen LogP contribution in [0.3, 0.4) is 0 Å². The number of nitrogens with zero attached hydrogens (tertiary/aromatic N) is 2. The minimum atomic E-state index is 0.158. The van der Waals surface area contributed by atoms with Crippen molar-refractivity contribution in [3.05, 3.63) is 34.9 Å². The van der Waals surface area contributed by atoms with E-state index in [2.05, 4.69) is 18.7 Å². The molecule has 3 nitrogen and oxygen atoms in total. The summed E-state index contributed by atoms with van der Waals surface area (Å²) in [5.74, 6) is 0.158. The van der Waals surface area contributed by atoms with Crippen LogP contribution in [0.2, 0.25) is 5.02 Å². The van der Waals surface area contributed by atoms with Crippen molar-refractivity contribution in [1.82, 2.24) is 9.80 Å². The number of amides is 1. The summed E-state index contributed by atoms with van der Waals surface area (Å²) in [5.41, 5.74) is 0.913. The van der Waals surface area contributed by atoms with Gasteiger partial charge in [0.15, 0.2) is 0 Å². The predicted octanol–water partition coefficient (Wildman–Crippen LogP) is 3.21. The lowest BCUT2D eigenvalue weighted by Crippen LogP contribution is -2.47. The number of rotatable bonds is 4. The van der Waals surface area contributed by atoms with Gasteiger partial charge in [0.05, 0.1) is 6.42 Å². The summed E-state index contributed by atoms with van der Waals surface area (Å²) in [4.78, 5) is 16.8. The number of likely N-dealkylation sites (N-methyl/N-ethyl adjacent to an activating group) is 1. The molecule has 1 amide bonds. The lowest BCUT2D eigenvalue weighted by Gasteiger charge is -2.38. The third-order valence-corrected chi connectivity index (χ3v) is 4.84. The molecule has 21 heavy (non-hydrogen) atoms. The number of halogens is 1. The molecule has 1 fully saturated rings. The number of hydrogen-bond donors (Lipinski definition) is 0. The zero-order valence-corrected chi connectivity index (χ0v) is 13.9. The van der Waals surface area contributed by atoms with Gasteiger partial charge in [-0.05, 0) is 38.3 Å². The molecule has 0 aromatic heterocycles. The summed E-state index contributed by atoms with van der Waals surface area (Å²) in [5, 5.41) is 0.675. The van der Waals surface area contributed by atoms with E-state index in [1.54, 1.807) is 0 Å². The average molecular weight is 309 g/mol. The van der Waals surface area contributed by atoms with E-state index in [-0.39, 0.29) is 5.91 Å². The first-order valence-corrected chi connectivity index (χ1v) is 8.10. The molecule has 0 N–H and O–H groups in total. The number of piperidine rings is 1. The van der Waals surface area contributed by atoms with Crippen LogP contribution < -0.4 is 0 Å². The quantitative estimate of drug-likeness (QED) is 0.852. The third kappa shape index (κ3) is 4.21. The molecule has 0 saturated carbocycles. The fourth-order valence-electron chi connectivity index (χ4n) is 2.92. The van der Waals surface area contributed by atoms with Crippen molar-refractivity contribution in [3.8, 4) is 0 Å². The Morgan fingerprint density at radius 3 is 2.52 bits per heavy atom. The monoisotopic (exact) mass is 308 g/mol. The zero-order valence-electron chi connectivity index (χ0n) is 13.2. The maximum atomic E-state index is 12.4. The summed E-state index contributed by atoms with van der Waals surface area (Å²) < 4.78 is 0. The molecule has 0 spiro atoms. The van der Waals surface area contributed by atoms with Crippen LogP contribution in [0.5, 0.6) is 0 Å². The van der Waals surface area contributed by atoms with Gasteiger partial charge in [-0.3, -0.25) is 4.79 Å². The molecule has 0 radical (unpaired) electrons. The number of likely N-dealkylation sites (tertiary alicyclic amines) is 1. The van der Waals surface area contributed by atoms with Crippen LogP contribution in [0.4, 0.5) is 0 Å². The van der Waals surface area contributed by atoms with E-state index < -0.39 is 0 Å². The standard InChI is InChI=1S/C17H25ClN2O/c1-13(2)20-10-8-15(9-11-20)19(3)17(21)12-14-6-4-5-7-16(14)18/h4-7,13,15H,8-12H2,1-3H3. The highest BCUT2D eigenvalue weighted by Gasteiger charge is 2.26. The summed E-state index contributed by atoms with van der Waals surface area (Å²) in [7, 11) is 1.93. The largest absolute Gasteiger partial charge is 0.342 e. The van der Waals surface area contributed by atoms with Crippen LogP contribution >= 0.6 is 11.6 Å². The molecule has 4 heteroatoms. The van der Waals surface area contributed by atoms with Crippen LogP contribution in [-0.2, 0) is 11.2 Å². The van der Waals surface area contributed by atoms with Gasteiger partial charge < -0.3 is 9.80 Å².